The number of carboxylic acids is 3. The molecular weight excluding hydrogens is 458 g/mol. The maximum atomic E-state index is 12.4. The molecule has 0 saturated heterocycles. The van der Waals surface area contributed by atoms with Crippen LogP contribution >= 0.6 is 0 Å². The molecule has 0 saturated carbocycles. The summed E-state index contributed by atoms with van der Waals surface area (Å²) in [6, 6.07) is -5.52. The number of hydrogen-bond donors (Lipinski definition) is 9. The van der Waals surface area contributed by atoms with E-state index in [1.54, 1.807) is 0 Å². The summed E-state index contributed by atoms with van der Waals surface area (Å²) >= 11 is 0. The van der Waals surface area contributed by atoms with Crippen LogP contribution in [0.3, 0.4) is 0 Å². The molecule has 0 spiro atoms. The fourth-order valence-corrected chi connectivity index (χ4v) is 2.51. The van der Waals surface area contributed by atoms with Gasteiger partial charge in [-0.2, -0.15) is 0 Å². The van der Waals surface area contributed by atoms with Gasteiger partial charge in [-0.3, -0.25) is 29.0 Å². The summed E-state index contributed by atoms with van der Waals surface area (Å²) in [6.07, 6.45) is -1.33. The Morgan fingerprint density at radius 1 is 0.824 bits per heavy atom. The molecule has 0 aliphatic heterocycles. The van der Waals surface area contributed by atoms with Crippen LogP contribution in [0.25, 0.3) is 0 Å². The van der Waals surface area contributed by atoms with Crippen molar-refractivity contribution in [3.05, 3.63) is 0 Å². The molecule has 4 atom stereocenters. The van der Waals surface area contributed by atoms with Crippen molar-refractivity contribution in [3.63, 3.8) is 0 Å². The third-order valence-corrected chi connectivity index (χ3v) is 4.33. The van der Waals surface area contributed by atoms with Gasteiger partial charge in [0.05, 0.1) is 12.5 Å². The molecule has 0 bridgehead atoms. The third-order valence-electron chi connectivity index (χ3n) is 4.33. The zero-order chi connectivity index (χ0) is 26.4. The first-order chi connectivity index (χ1) is 15.7. The highest BCUT2D eigenvalue weighted by Gasteiger charge is 2.30. The Balaban J connectivity index is 5.02. The first-order valence-electron chi connectivity index (χ1n) is 10.1. The van der Waals surface area contributed by atoms with E-state index in [2.05, 4.69) is 15.6 Å². The normalized spacial score (nSPS) is 13.9. The molecule has 12 N–H and O–H groups in total. The Morgan fingerprint density at radius 2 is 1.41 bits per heavy atom. The van der Waals surface area contributed by atoms with Crippen LogP contribution in [0.1, 0.15) is 39.0 Å². The quantitative estimate of drug-likeness (QED) is 0.0574. The lowest BCUT2D eigenvalue weighted by Crippen LogP contribution is -2.56. The Kier molecular flexibility index (Phi) is 13.2. The topological polar surface area (TPSA) is 290 Å². The lowest BCUT2D eigenvalue weighted by molar-refractivity contribution is -0.144. The second-order valence-electron chi connectivity index (χ2n) is 7.28. The molecule has 4 unspecified atom stereocenters. The van der Waals surface area contributed by atoms with Gasteiger partial charge in [0.1, 0.15) is 18.1 Å². The number of carboxylic acid groups (broad SMARTS) is 3. The predicted molar refractivity (Wildman–Crippen MR) is 116 cm³/mol. The third kappa shape index (κ3) is 12.8. The van der Waals surface area contributed by atoms with Crippen molar-refractivity contribution in [2.24, 2.45) is 22.2 Å². The van der Waals surface area contributed by atoms with Crippen LogP contribution < -0.4 is 33.2 Å². The van der Waals surface area contributed by atoms with Gasteiger partial charge < -0.3 is 48.5 Å². The molecule has 16 nitrogen and oxygen atoms in total. The average molecular weight is 489 g/mol. The largest absolute Gasteiger partial charge is 0.481 e. The van der Waals surface area contributed by atoms with E-state index in [1.165, 1.54) is 6.92 Å². The molecule has 0 aliphatic rings. The molecule has 3 amide bonds. The Morgan fingerprint density at radius 3 is 1.91 bits per heavy atom. The van der Waals surface area contributed by atoms with Crippen LogP contribution in [0.2, 0.25) is 0 Å². The molecule has 16 heteroatoms. The maximum Gasteiger partial charge on any atom is 0.326 e. The molecule has 34 heavy (non-hydrogen) atoms. The maximum absolute atomic E-state index is 12.4. The second-order valence-corrected chi connectivity index (χ2v) is 7.28. The number of rotatable bonds is 16. The molecule has 0 aromatic carbocycles. The lowest BCUT2D eigenvalue weighted by Gasteiger charge is -2.22. The summed E-state index contributed by atoms with van der Waals surface area (Å²) in [5.74, 6) is -7.19. The fraction of sp³-hybridized carbons (Fsp3) is 0.611. The average Bonchev–Trinajstić information content (AvgIpc) is 2.72. The summed E-state index contributed by atoms with van der Waals surface area (Å²) in [6.45, 7) is 1.51. The van der Waals surface area contributed by atoms with Crippen LogP contribution in [-0.4, -0.2) is 87.6 Å². The van der Waals surface area contributed by atoms with Crippen molar-refractivity contribution >= 4 is 41.6 Å². The van der Waals surface area contributed by atoms with Gasteiger partial charge in [0.2, 0.25) is 17.7 Å². The minimum atomic E-state index is -1.69. The van der Waals surface area contributed by atoms with Crippen molar-refractivity contribution in [2.75, 3.05) is 6.54 Å². The summed E-state index contributed by atoms with van der Waals surface area (Å²) in [5, 5.41) is 33.3. The van der Waals surface area contributed by atoms with Gasteiger partial charge in [0.15, 0.2) is 5.96 Å². The number of aliphatic imine (C=N–C) groups is 1. The van der Waals surface area contributed by atoms with E-state index in [9.17, 15) is 28.8 Å². The van der Waals surface area contributed by atoms with E-state index in [1.807, 2.05) is 5.32 Å². The van der Waals surface area contributed by atoms with Crippen LogP contribution in [0, 0.1) is 0 Å². The van der Waals surface area contributed by atoms with Crippen LogP contribution in [0.5, 0.6) is 0 Å². The van der Waals surface area contributed by atoms with E-state index in [0.29, 0.717) is 6.42 Å². The molecule has 0 rings (SSSR count). The number of carbonyl (C=O) groups is 6. The second kappa shape index (κ2) is 15.0. The number of aliphatic carboxylic acids is 3. The molecule has 0 fully saturated rings. The van der Waals surface area contributed by atoms with E-state index < -0.39 is 79.1 Å². The SMILES string of the molecule is CC(NC(=O)C(N)CCCN=C(N)N)C(=O)NC(CC(=O)O)C(=O)NC(CCC(=O)O)C(=O)O. The number of nitrogens with one attached hydrogen (secondary N) is 3. The minimum absolute atomic E-state index is 0.111. The molecule has 0 aromatic heterocycles. The van der Waals surface area contributed by atoms with Crippen molar-refractivity contribution in [1.29, 1.82) is 0 Å². The van der Waals surface area contributed by atoms with Crippen LogP contribution in [0.15, 0.2) is 4.99 Å². The zero-order valence-electron chi connectivity index (χ0n) is 18.5. The van der Waals surface area contributed by atoms with Gasteiger partial charge >= 0.3 is 17.9 Å². The molecule has 0 heterocycles. The van der Waals surface area contributed by atoms with Gasteiger partial charge in [-0.25, -0.2) is 4.79 Å². The lowest BCUT2D eigenvalue weighted by atomic mass is 10.1. The number of amides is 3. The number of nitrogens with two attached hydrogens (primary N) is 3. The van der Waals surface area contributed by atoms with E-state index >= 15 is 0 Å². The van der Waals surface area contributed by atoms with Gasteiger partial charge in [0.25, 0.3) is 0 Å². The highest BCUT2D eigenvalue weighted by Crippen LogP contribution is 2.02. The number of nitrogens with zero attached hydrogens (tertiary/aromatic N) is 1. The van der Waals surface area contributed by atoms with Gasteiger partial charge in [-0.1, -0.05) is 0 Å². The molecule has 0 aliphatic carbocycles. The number of carbonyl (C=O) groups excluding carboxylic acids is 3. The highest BCUT2D eigenvalue weighted by molar-refractivity contribution is 5.95. The first-order valence-corrected chi connectivity index (χ1v) is 10.1. The van der Waals surface area contributed by atoms with Gasteiger partial charge in [0, 0.05) is 13.0 Å². The minimum Gasteiger partial charge on any atom is -0.481 e. The Labute approximate surface area is 194 Å². The van der Waals surface area contributed by atoms with Gasteiger partial charge in [-0.05, 0) is 26.2 Å². The fourth-order valence-electron chi connectivity index (χ4n) is 2.51. The Bertz CT molecular complexity index is 799. The van der Waals surface area contributed by atoms with Gasteiger partial charge in [-0.15, -0.1) is 0 Å². The molecular formula is C18H31N7O9. The van der Waals surface area contributed by atoms with Crippen molar-refractivity contribution in [1.82, 2.24) is 16.0 Å². The number of hydrogen-bond acceptors (Lipinski definition) is 8. The summed E-state index contributed by atoms with van der Waals surface area (Å²) in [5.41, 5.74) is 16.1. The van der Waals surface area contributed by atoms with Crippen molar-refractivity contribution in [3.8, 4) is 0 Å². The monoisotopic (exact) mass is 489 g/mol. The van der Waals surface area contributed by atoms with Crippen molar-refractivity contribution < 1.29 is 44.1 Å². The van der Waals surface area contributed by atoms with Crippen molar-refractivity contribution in [2.45, 2.75) is 63.2 Å². The molecule has 192 valence electrons. The first kappa shape index (κ1) is 30.1. The van der Waals surface area contributed by atoms with Crippen LogP contribution in [0.4, 0.5) is 0 Å². The predicted octanol–water partition coefficient (Wildman–Crippen LogP) is -3.73. The smallest absolute Gasteiger partial charge is 0.326 e. The van der Waals surface area contributed by atoms with E-state index in [0.717, 1.165) is 0 Å². The standard InChI is InChI=1S/C18H31N7O9/c1-8(23-15(31)9(19)3-2-6-22-18(20)21)14(30)25-11(7-13(28)29)16(32)24-10(17(33)34)4-5-12(26)27/h8-11H,2-7,19H2,1H3,(H,23,31)(H,24,32)(H,25,30)(H,26,27)(H,28,29)(H,33,34)(H4,20,21,22). The zero-order valence-corrected chi connectivity index (χ0v) is 18.5. The summed E-state index contributed by atoms with van der Waals surface area (Å²) < 4.78 is 0. The van der Waals surface area contributed by atoms with E-state index in [-0.39, 0.29) is 18.9 Å². The Hall–Kier alpha value is -3.95. The van der Waals surface area contributed by atoms with Crippen LogP contribution in [-0.2, 0) is 28.8 Å². The number of guanidine groups is 1. The summed E-state index contributed by atoms with van der Waals surface area (Å²) in [4.78, 5) is 73.6. The molecule has 0 aromatic rings. The highest BCUT2D eigenvalue weighted by atomic mass is 16.4. The molecule has 0 radical (unpaired) electrons. The van der Waals surface area contributed by atoms with E-state index in [4.69, 9.17) is 32.5 Å². The summed E-state index contributed by atoms with van der Waals surface area (Å²) in [7, 11) is 0.